The van der Waals surface area contributed by atoms with Crippen LogP contribution in [0.5, 0.6) is 0 Å². The third kappa shape index (κ3) is 5.49. The van der Waals surface area contributed by atoms with Crippen LogP contribution < -0.4 is 10.2 Å². The molecule has 5 heteroatoms. The van der Waals surface area contributed by atoms with Gasteiger partial charge in [0, 0.05) is 31.9 Å². The van der Waals surface area contributed by atoms with E-state index in [9.17, 15) is 9.90 Å². The summed E-state index contributed by atoms with van der Waals surface area (Å²) in [4.78, 5) is 13.7. The number of carboxylic acids is 1. The van der Waals surface area contributed by atoms with Gasteiger partial charge in [-0.2, -0.15) is 0 Å². The van der Waals surface area contributed by atoms with Crippen LogP contribution in [0.2, 0.25) is 0 Å². The molecule has 1 aliphatic heterocycles. The third-order valence-corrected chi connectivity index (χ3v) is 4.38. The monoisotopic (exact) mass is 334 g/mol. The van der Waals surface area contributed by atoms with E-state index in [0.29, 0.717) is 25.4 Å². The second-order valence-corrected chi connectivity index (χ2v) is 7.05. The van der Waals surface area contributed by atoms with Gasteiger partial charge in [-0.25, -0.2) is 0 Å². The Morgan fingerprint density at radius 2 is 2.17 bits per heavy atom. The van der Waals surface area contributed by atoms with Gasteiger partial charge >= 0.3 is 5.97 Å². The van der Waals surface area contributed by atoms with Crippen molar-refractivity contribution in [1.29, 1.82) is 0 Å². The summed E-state index contributed by atoms with van der Waals surface area (Å²) in [6.45, 7) is 9.93. The van der Waals surface area contributed by atoms with E-state index in [0.717, 1.165) is 19.7 Å². The van der Waals surface area contributed by atoms with Crippen LogP contribution in [-0.2, 0) is 16.1 Å². The van der Waals surface area contributed by atoms with Crippen molar-refractivity contribution in [3.8, 4) is 0 Å². The maximum atomic E-state index is 11.4. The lowest BCUT2D eigenvalue weighted by Crippen LogP contribution is -2.41. The molecular formula is C19H30N2O3. The molecule has 1 heterocycles. The van der Waals surface area contributed by atoms with Gasteiger partial charge in [0.15, 0.2) is 0 Å². The molecule has 1 aliphatic rings. The van der Waals surface area contributed by atoms with E-state index in [1.54, 1.807) is 0 Å². The molecule has 2 atom stereocenters. The number of nitrogens with one attached hydrogen (secondary N) is 1. The van der Waals surface area contributed by atoms with E-state index in [-0.39, 0.29) is 12.0 Å². The number of hydrogen-bond donors (Lipinski definition) is 2. The first kappa shape index (κ1) is 18.7. The highest BCUT2D eigenvalue weighted by Gasteiger charge is 2.20. The Kier molecular flexibility index (Phi) is 7.06. The minimum Gasteiger partial charge on any atom is -0.481 e. The highest BCUT2D eigenvalue weighted by atomic mass is 16.5. The number of ether oxygens (including phenoxy) is 1. The van der Waals surface area contributed by atoms with Crippen LogP contribution in [-0.4, -0.2) is 43.4 Å². The van der Waals surface area contributed by atoms with E-state index in [1.807, 2.05) is 6.07 Å². The number of nitrogens with zero attached hydrogens (tertiary/aromatic N) is 1. The minimum absolute atomic E-state index is 0.238. The van der Waals surface area contributed by atoms with Gasteiger partial charge in [-0.15, -0.1) is 0 Å². The summed E-state index contributed by atoms with van der Waals surface area (Å²) in [6.07, 6.45) is 0.938. The number of para-hydroxylation sites is 1. The molecule has 0 bridgehead atoms. The van der Waals surface area contributed by atoms with Gasteiger partial charge in [-0.05, 0) is 30.9 Å². The fourth-order valence-electron chi connectivity index (χ4n) is 3.23. The van der Waals surface area contributed by atoms with Gasteiger partial charge in [0.1, 0.15) is 0 Å². The molecule has 0 amide bonds. The topological polar surface area (TPSA) is 61.8 Å². The lowest BCUT2D eigenvalue weighted by molar-refractivity contribution is -0.142. The van der Waals surface area contributed by atoms with Crippen molar-refractivity contribution in [3.63, 3.8) is 0 Å². The molecule has 1 aromatic carbocycles. The molecule has 0 saturated carbocycles. The summed E-state index contributed by atoms with van der Waals surface area (Å²) in [5.41, 5.74) is 2.43. The molecule has 0 radical (unpaired) electrons. The van der Waals surface area contributed by atoms with Gasteiger partial charge in [-0.1, -0.05) is 32.0 Å². The Balaban J connectivity index is 1.96. The summed E-state index contributed by atoms with van der Waals surface area (Å²) in [5.74, 6) is -0.665. The van der Waals surface area contributed by atoms with Crippen molar-refractivity contribution in [2.24, 2.45) is 11.8 Å². The summed E-state index contributed by atoms with van der Waals surface area (Å²) < 4.78 is 5.62. The molecule has 0 aliphatic carbocycles. The van der Waals surface area contributed by atoms with Gasteiger partial charge < -0.3 is 20.1 Å². The highest BCUT2D eigenvalue weighted by Crippen LogP contribution is 2.23. The van der Waals surface area contributed by atoms with E-state index in [1.165, 1.54) is 11.3 Å². The minimum atomic E-state index is -0.716. The van der Waals surface area contributed by atoms with Crippen LogP contribution in [0.15, 0.2) is 24.3 Å². The molecule has 1 aromatic rings. The molecule has 2 unspecified atom stereocenters. The maximum Gasteiger partial charge on any atom is 0.307 e. The Bertz CT molecular complexity index is 533. The molecule has 5 nitrogen and oxygen atoms in total. The Morgan fingerprint density at radius 3 is 2.83 bits per heavy atom. The predicted molar refractivity (Wildman–Crippen MR) is 96.4 cm³/mol. The zero-order valence-corrected chi connectivity index (χ0v) is 15.0. The number of morpholine rings is 1. The molecule has 0 spiro atoms. The average molecular weight is 334 g/mol. The average Bonchev–Trinajstić information content (AvgIpc) is 2.54. The Hall–Kier alpha value is -1.59. The first-order valence-electron chi connectivity index (χ1n) is 8.85. The number of aliphatic carboxylic acids is 1. The molecule has 2 rings (SSSR count). The molecule has 24 heavy (non-hydrogen) atoms. The second kappa shape index (κ2) is 9.04. The standard InChI is InChI=1S/C19H30N2O3/c1-14(2)10-17(19(22)23)12-20-11-16-6-4-5-7-18(16)21-8-9-24-15(3)13-21/h4-7,14-15,17,20H,8-13H2,1-3H3,(H,22,23). The summed E-state index contributed by atoms with van der Waals surface area (Å²) >= 11 is 0. The second-order valence-electron chi connectivity index (χ2n) is 7.05. The van der Waals surface area contributed by atoms with E-state index in [2.05, 4.69) is 49.2 Å². The molecule has 2 N–H and O–H groups in total. The van der Waals surface area contributed by atoms with Crippen LogP contribution in [0, 0.1) is 11.8 Å². The van der Waals surface area contributed by atoms with E-state index < -0.39 is 5.97 Å². The molecule has 1 fully saturated rings. The Morgan fingerprint density at radius 1 is 1.42 bits per heavy atom. The largest absolute Gasteiger partial charge is 0.481 e. The summed E-state index contributed by atoms with van der Waals surface area (Å²) in [6, 6.07) is 8.34. The van der Waals surface area contributed by atoms with Crippen molar-refractivity contribution in [2.45, 2.75) is 39.8 Å². The highest BCUT2D eigenvalue weighted by molar-refractivity contribution is 5.70. The summed E-state index contributed by atoms with van der Waals surface area (Å²) in [5, 5.41) is 12.7. The number of carbonyl (C=O) groups is 1. The van der Waals surface area contributed by atoms with Gasteiger partial charge in [0.05, 0.1) is 18.6 Å². The molecule has 0 aromatic heterocycles. The van der Waals surface area contributed by atoms with E-state index >= 15 is 0 Å². The van der Waals surface area contributed by atoms with Crippen molar-refractivity contribution < 1.29 is 14.6 Å². The van der Waals surface area contributed by atoms with Gasteiger partial charge in [-0.3, -0.25) is 4.79 Å². The number of anilines is 1. The van der Waals surface area contributed by atoms with Gasteiger partial charge in [0.2, 0.25) is 0 Å². The van der Waals surface area contributed by atoms with Gasteiger partial charge in [0.25, 0.3) is 0 Å². The van der Waals surface area contributed by atoms with Crippen LogP contribution in [0.25, 0.3) is 0 Å². The number of rotatable bonds is 8. The predicted octanol–water partition coefficient (Wildman–Crippen LogP) is 2.75. The lowest BCUT2D eigenvalue weighted by atomic mass is 9.97. The van der Waals surface area contributed by atoms with Crippen molar-refractivity contribution in [3.05, 3.63) is 29.8 Å². The molecule has 134 valence electrons. The molecular weight excluding hydrogens is 304 g/mol. The van der Waals surface area contributed by atoms with Crippen LogP contribution >= 0.6 is 0 Å². The van der Waals surface area contributed by atoms with Crippen LogP contribution in [0.4, 0.5) is 5.69 Å². The zero-order chi connectivity index (χ0) is 17.5. The van der Waals surface area contributed by atoms with Crippen LogP contribution in [0.1, 0.15) is 32.8 Å². The fourth-order valence-corrected chi connectivity index (χ4v) is 3.23. The lowest BCUT2D eigenvalue weighted by Gasteiger charge is -2.34. The summed E-state index contributed by atoms with van der Waals surface area (Å²) in [7, 11) is 0. The molecule has 1 saturated heterocycles. The quantitative estimate of drug-likeness (QED) is 0.765. The fraction of sp³-hybridized carbons (Fsp3) is 0.632. The Labute approximate surface area is 145 Å². The van der Waals surface area contributed by atoms with Crippen LogP contribution in [0.3, 0.4) is 0 Å². The third-order valence-electron chi connectivity index (χ3n) is 4.38. The van der Waals surface area contributed by atoms with Crippen molar-refractivity contribution in [2.75, 3.05) is 31.1 Å². The first-order valence-corrected chi connectivity index (χ1v) is 8.85. The van der Waals surface area contributed by atoms with Crippen molar-refractivity contribution >= 4 is 11.7 Å². The SMILES string of the molecule is CC(C)CC(CNCc1ccccc1N1CCOC(C)C1)C(=O)O. The smallest absolute Gasteiger partial charge is 0.307 e. The zero-order valence-electron chi connectivity index (χ0n) is 15.0. The van der Waals surface area contributed by atoms with E-state index in [4.69, 9.17) is 4.74 Å². The first-order chi connectivity index (χ1) is 11.5. The number of carboxylic acid groups (broad SMARTS) is 1. The number of benzene rings is 1. The normalized spacial score (nSPS) is 19.5. The maximum absolute atomic E-state index is 11.4. The van der Waals surface area contributed by atoms with Crippen molar-refractivity contribution in [1.82, 2.24) is 5.32 Å². The number of hydrogen-bond acceptors (Lipinski definition) is 4.